The van der Waals surface area contributed by atoms with Crippen LogP contribution in [0.1, 0.15) is 31.7 Å². The van der Waals surface area contributed by atoms with Gasteiger partial charge in [-0.25, -0.2) is 12.7 Å². The highest BCUT2D eigenvalue weighted by molar-refractivity contribution is 7.89. The predicted molar refractivity (Wildman–Crippen MR) is 79.0 cm³/mol. The summed E-state index contributed by atoms with van der Waals surface area (Å²) in [6.07, 6.45) is 3.18. The van der Waals surface area contributed by atoms with E-state index in [1.807, 2.05) is 19.1 Å². The molecule has 0 spiro atoms. The van der Waals surface area contributed by atoms with E-state index >= 15 is 0 Å². The van der Waals surface area contributed by atoms with Crippen LogP contribution in [0, 0.1) is 5.92 Å². The Kier molecular flexibility index (Phi) is 4.83. The average Bonchev–Trinajstić information content (AvgIpc) is 2.84. The predicted octanol–water partition coefficient (Wildman–Crippen LogP) is 2.03. The van der Waals surface area contributed by atoms with Crippen molar-refractivity contribution in [2.45, 2.75) is 43.6 Å². The van der Waals surface area contributed by atoms with Crippen LogP contribution in [0.25, 0.3) is 0 Å². The fourth-order valence-corrected chi connectivity index (χ4v) is 3.96. The number of nitrogens with zero attached hydrogens (tertiary/aromatic N) is 1. The third-order valence-corrected chi connectivity index (χ3v) is 5.99. The van der Waals surface area contributed by atoms with Crippen LogP contribution in [0.5, 0.6) is 0 Å². The van der Waals surface area contributed by atoms with Crippen molar-refractivity contribution in [3.05, 3.63) is 29.8 Å². The molecular formula is C15H23NO3S. The van der Waals surface area contributed by atoms with E-state index in [0.29, 0.717) is 11.4 Å². The van der Waals surface area contributed by atoms with Crippen LogP contribution in [0.4, 0.5) is 0 Å². The second-order valence-electron chi connectivity index (χ2n) is 5.54. The molecule has 1 N–H and O–H groups in total. The van der Waals surface area contributed by atoms with Gasteiger partial charge in [-0.2, -0.15) is 0 Å². The largest absolute Gasteiger partial charge is 0.393 e. The van der Waals surface area contributed by atoms with E-state index in [1.54, 1.807) is 19.2 Å². The van der Waals surface area contributed by atoms with E-state index in [2.05, 4.69) is 0 Å². The van der Waals surface area contributed by atoms with E-state index in [-0.39, 0.29) is 12.0 Å². The van der Waals surface area contributed by atoms with Crippen molar-refractivity contribution >= 4 is 10.0 Å². The van der Waals surface area contributed by atoms with Gasteiger partial charge in [0.05, 0.1) is 11.0 Å². The Balaban J connectivity index is 2.11. The molecule has 0 saturated heterocycles. The van der Waals surface area contributed by atoms with Crippen LogP contribution in [0.3, 0.4) is 0 Å². The molecule has 0 radical (unpaired) electrons. The maximum atomic E-state index is 12.5. The summed E-state index contributed by atoms with van der Waals surface area (Å²) in [4.78, 5) is 0.324. The minimum Gasteiger partial charge on any atom is -0.393 e. The first kappa shape index (κ1) is 15.5. The molecule has 20 heavy (non-hydrogen) atoms. The second-order valence-corrected chi connectivity index (χ2v) is 7.59. The molecule has 5 heteroatoms. The maximum absolute atomic E-state index is 12.5. The van der Waals surface area contributed by atoms with Crippen LogP contribution in [0.15, 0.2) is 29.2 Å². The van der Waals surface area contributed by atoms with Crippen LogP contribution in [-0.2, 0) is 16.4 Å². The number of aryl methyl sites for hydroxylation is 1. The number of rotatable bonds is 5. The quantitative estimate of drug-likeness (QED) is 0.904. The molecule has 1 aliphatic rings. The highest BCUT2D eigenvalue weighted by atomic mass is 32.2. The lowest BCUT2D eigenvalue weighted by molar-refractivity contribution is 0.123. The number of hydrogen-bond donors (Lipinski definition) is 1. The molecule has 0 heterocycles. The molecule has 1 aromatic rings. The van der Waals surface area contributed by atoms with Crippen LogP contribution >= 0.6 is 0 Å². The molecule has 0 aromatic heterocycles. The minimum atomic E-state index is -3.45. The van der Waals surface area contributed by atoms with Gasteiger partial charge in [0.25, 0.3) is 0 Å². The van der Waals surface area contributed by atoms with E-state index in [1.165, 1.54) is 4.31 Å². The third-order valence-electron chi connectivity index (χ3n) is 4.15. The van der Waals surface area contributed by atoms with Crippen molar-refractivity contribution in [1.29, 1.82) is 0 Å². The van der Waals surface area contributed by atoms with Gasteiger partial charge >= 0.3 is 0 Å². The van der Waals surface area contributed by atoms with Crippen molar-refractivity contribution in [3.63, 3.8) is 0 Å². The number of sulfonamides is 1. The fraction of sp³-hybridized carbons (Fsp3) is 0.600. The van der Waals surface area contributed by atoms with E-state index in [0.717, 1.165) is 31.2 Å². The molecule has 2 rings (SSSR count). The number of aliphatic hydroxyl groups excluding tert-OH is 1. The van der Waals surface area contributed by atoms with Crippen LogP contribution in [-0.4, -0.2) is 37.5 Å². The van der Waals surface area contributed by atoms with Gasteiger partial charge in [-0.15, -0.1) is 0 Å². The first-order valence-electron chi connectivity index (χ1n) is 7.18. The van der Waals surface area contributed by atoms with Crippen LogP contribution in [0.2, 0.25) is 0 Å². The topological polar surface area (TPSA) is 57.6 Å². The highest BCUT2D eigenvalue weighted by Crippen LogP contribution is 2.27. The summed E-state index contributed by atoms with van der Waals surface area (Å²) in [7, 11) is -1.86. The zero-order valence-electron chi connectivity index (χ0n) is 12.1. The first-order chi connectivity index (χ1) is 9.45. The van der Waals surface area contributed by atoms with E-state index < -0.39 is 10.0 Å². The van der Waals surface area contributed by atoms with Gasteiger partial charge in [0.2, 0.25) is 10.0 Å². The van der Waals surface area contributed by atoms with Gasteiger partial charge in [0.1, 0.15) is 0 Å². The zero-order chi connectivity index (χ0) is 14.8. The molecule has 1 aliphatic carbocycles. The maximum Gasteiger partial charge on any atom is 0.242 e. The molecule has 112 valence electrons. The molecule has 1 fully saturated rings. The van der Waals surface area contributed by atoms with E-state index in [9.17, 15) is 13.5 Å². The van der Waals surface area contributed by atoms with Crippen LogP contribution < -0.4 is 0 Å². The molecule has 1 saturated carbocycles. The summed E-state index contributed by atoms with van der Waals surface area (Å²) in [6, 6.07) is 7.03. The Hall–Kier alpha value is -0.910. The smallest absolute Gasteiger partial charge is 0.242 e. The number of aliphatic hydroxyl groups is 1. The van der Waals surface area contributed by atoms with Crippen molar-refractivity contribution in [2.24, 2.45) is 5.92 Å². The molecule has 0 amide bonds. The number of benzene rings is 1. The standard InChI is InChI=1S/C15H23NO3S/c1-3-12-7-9-14(10-8-12)20(18,19)16(2)11-13-5-4-6-15(13)17/h7-10,13,15,17H,3-6,11H2,1-2H3. The monoisotopic (exact) mass is 297 g/mol. The van der Waals surface area contributed by atoms with Gasteiger partial charge in [0.15, 0.2) is 0 Å². The van der Waals surface area contributed by atoms with Crippen molar-refractivity contribution < 1.29 is 13.5 Å². The van der Waals surface area contributed by atoms with Gasteiger partial charge in [-0.1, -0.05) is 25.5 Å². The summed E-state index contributed by atoms with van der Waals surface area (Å²) >= 11 is 0. The first-order valence-corrected chi connectivity index (χ1v) is 8.62. The van der Waals surface area contributed by atoms with E-state index in [4.69, 9.17) is 0 Å². The average molecular weight is 297 g/mol. The van der Waals surface area contributed by atoms with Gasteiger partial charge < -0.3 is 5.11 Å². The lowest BCUT2D eigenvalue weighted by Gasteiger charge is -2.23. The molecule has 1 aromatic carbocycles. The fourth-order valence-electron chi connectivity index (χ4n) is 2.74. The van der Waals surface area contributed by atoms with Crippen molar-refractivity contribution in [3.8, 4) is 0 Å². The SMILES string of the molecule is CCc1ccc(S(=O)(=O)N(C)CC2CCCC2O)cc1. The number of hydrogen-bond acceptors (Lipinski definition) is 3. The molecule has 0 bridgehead atoms. The normalized spacial score (nSPS) is 23.4. The summed E-state index contributed by atoms with van der Waals surface area (Å²) in [5.41, 5.74) is 1.12. The highest BCUT2D eigenvalue weighted by Gasteiger charge is 2.30. The molecule has 0 aliphatic heterocycles. The zero-order valence-corrected chi connectivity index (χ0v) is 12.9. The van der Waals surface area contributed by atoms with Crippen molar-refractivity contribution in [2.75, 3.05) is 13.6 Å². The summed E-state index contributed by atoms with van der Waals surface area (Å²) < 4.78 is 26.3. The summed E-state index contributed by atoms with van der Waals surface area (Å²) in [5, 5.41) is 9.82. The molecule has 2 unspecified atom stereocenters. The lowest BCUT2D eigenvalue weighted by atomic mass is 10.1. The molecular weight excluding hydrogens is 274 g/mol. The summed E-state index contributed by atoms with van der Waals surface area (Å²) in [5.74, 6) is 0.0599. The molecule has 2 atom stereocenters. The van der Waals surface area contributed by atoms with Gasteiger partial charge in [-0.3, -0.25) is 0 Å². The van der Waals surface area contributed by atoms with Crippen molar-refractivity contribution in [1.82, 2.24) is 4.31 Å². The Morgan fingerprint density at radius 1 is 1.25 bits per heavy atom. The molecule has 4 nitrogen and oxygen atoms in total. The Labute approximate surface area is 121 Å². The Morgan fingerprint density at radius 3 is 2.40 bits per heavy atom. The third kappa shape index (κ3) is 3.22. The second kappa shape index (κ2) is 6.24. The summed E-state index contributed by atoms with van der Waals surface area (Å²) in [6.45, 7) is 2.43. The lowest BCUT2D eigenvalue weighted by Crippen LogP contribution is -2.34. The Bertz CT molecular complexity index is 539. The van der Waals surface area contributed by atoms with Gasteiger partial charge in [0, 0.05) is 13.6 Å². The Morgan fingerprint density at radius 2 is 1.90 bits per heavy atom. The minimum absolute atomic E-state index is 0.0599. The van der Waals surface area contributed by atoms with Gasteiger partial charge in [-0.05, 0) is 42.9 Å².